The first-order valence-corrected chi connectivity index (χ1v) is 12.4. The van der Waals surface area contributed by atoms with Crippen molar-refractivity contribution in [2.45, 2.75) is 32.5 Å². The van der Waals surface area contributed by atoms with Gasteiger partial charge in [0.05, 0.1) is 41.9 Å². The molecule has 3 heterocycles. The topological polar surface area (TPSA) is 110 Å². The number of piperidine rings is 1. The van der Waals surface area contributed by atoms with E-state index in [0.29, 0.717) is 43.1 Å². The maximum absolute atomic E-state index is 11.6. The van der Waals surface area contributed by atoms with Crippen molar-refractivity contribution in [2.24, 2.45) is 5.92 Å². The van der Waals surface area contributed by atoms with Crippen LogP contribution in [0.25, 0.3) is 0 Å². The Bertz CT molecular complexity index is 1190. The van der Waals surface area contributed by atoms with Crippen LogP contribution < -0.4 is 4.74 Å². The Morgan fingerprint density at radius 1 is 1.12 bits per heavy atom. The van der Waals surface area contributed by atoms with Crippen LogP contribution in [-0.2, 0) is 29.7 Å². The number of pyridine rings is 1. The highest BCUT2D eigenvalue weighted by Crippen LogP contribution is 2.27. The van der Waals surface area contributed by atoms with E-state index in [-0.39, 0.29) is 5.92 Å². The molecular weight excluding hydrogens is 426 g/mol. The maximum Gasteiger partial charge on any atom is 0.211 e. The SMILES string of the molecule is CS(=O)(=O)N1CCC(COc2cnc(CN3Cc4ccc(C#N)cc4C3)cc2C#N)CC1. The monoisotopic (exact) mass is 451 g/mol. The number of ether oxygens (including phenoxy) is 1. The Morgan fingerprint density at radius 3 is 2.56 bits per heavy atom. The molecule has 1 aromatic heterocycles. The van der Waals surface area contributed by atoms with Crippen molar-refractivity contribution in [3.8, 4) is 17.9 Å². The fourth-order valence-corrected chi connectivity index (χ4v) is 5.14. The van der Waals surface area contributed by atoms with Gasteiger partial charge in [-0.15, -0.1) is 0 Å². The highest BCUT2D eigenvalue weighted by atomic mass is 32.2. The second-order valence-corrected chi connectivity index (χ2v) is 10.4. The molecule has 0 spiro atoms. The summed E-state index contributed by atoms with van der Waals surface area (Å²) >= 11 is 0. The molecule has 8 nitrogen and oxygen atoms in total. The van der Waals surface area contributed by atoms with Crippen molar-refractivity contribution in [3.63, 3.8) is 0 Å². The van der Waals surface area contributed by atoms with E-state index in [4.69, 9.17) is 10.00 Å². The van der Waals surface area contributed by atoms with Crippen molar-refractivity contribution < 1.29 is 13.2 Å². The summed E-state index contributed by atoms with van der Waals surface area (Å²) in [5.41, 5.74) is 4.28. The first-order valence-electron chi connectivity index (χ1n) is 10.6. The fraction of sp³-hybridized carbons (Fsp3) is 0.435. The third kappa shape index (κ3) is 5.08. The van der Waals surface area contributed by atoms with E-state index >= 15 is 0 Å². The second kappa shape index (κ2) is 9.25. The lowest BCUT2D eigenvalue weighted by molar-refractivity contribution is 0.185. The molecule has 4 rings (SSSR count). The first kappa shape index (κ1) is 22.2. The molecule has 2 aromatic rings. The Balaban J connectivity index is 1.34. The molecule has 9 heteroatoms. The number of hydrogen-bond acceptors (Lipinski definition) is 7. The summed E-state index contributed by atoms with van der Waals surface area (Å²) < 4.78 is 30.7. The van der Waals surface area contributed by atoms with Crippen LogP contribution in [0.4, 0.5) is 0 Å². The van der Waals surface area contributed by atoms with Gasteiger partial charge in [-0.3, -0.25) is 9.88 Å². The number of fused-ring (bicyclic) bond motifs is 1. The Hall–Kier alpha value is -2.98. The molecule has 1 fully saturated rings. The van der Waals surface area contributed by atoms with Crippen molar-refractivity contribution in [1.82, 2.24) is 14.2 Å². The molecule has 0 saturated carbocycles. The van der Waals surface area contributed by atoms with E-state index in [2.05, 4.69) is 22.0 Å². The number of nitrogens with zero attached hydrogens (tertiary/aromatic N) is 5. The number of nitriles is 2. The van der Waals surface area contributed by atoms with E-state index in [1.165, 1.54) is 16.1 Å². The third-order valence-electron chi connectivity index (χ3n) is 6.07. The predicted molar refractivity (Wildman–Crippen MR) is 118 cm³/mol. The molecule has 0 N–H and O–H groups in total. The Morgan fingerprint density at radius 2 is 1.88 bits per heavy atom. The van der Waals surface area contributed by atoms with Crippen LogP contribution in [0.5, 0.6) is 5.75 Å². The van der Waals surface area contributed by atoms with Gasteiger partial charge in [0.2, 0.25) is 10.0 Å². The summed E-state index contributed by atoms with van der Waals surface area (Å²) in [4.78, 5) is 6.73. The van der Waals surface area contributed by atoms with Gasteiger partial charge >= 0.3 is 0 Å². The fourth-order valence-electron chi connectivity index (χ4n) is 4.27. The Labute approximate surface area is 188 Å². The third-order valence-corrected chi connectivity index (χ3v) is 7.37. The summed E-state index contributed by atoms with van der Waals surface area (Å²) in [5.74, 6) is 0.714. The smallest absolute Gasteiger partial charge is 0.211 e. The van der Waals surface area contributed by atoms with E-state index < -0.39 is 10.0 Å². The molecule has 0 unspecified atom stereocenters. The molecule has 166 valence electrons. The molecule has 0 bridgehead atoms. The lowest BCUT2D eigenvalue weighted by atomic mass is 9.99. The molecule has 1 aromatic carbocycles. The van der Waals surface area contributed by atoms with E-state index in [1.807, 2.05) is 18.2 Å². The average Bonchev–Trinajstić information content (AvgIpc) is 3.19. The van der Waals surface area contributed by atoms with Crippen molar-refractivity contribution in [3.05, 3.63) is 58.4 Å². The minimum Gasteiger partial charge on any atom is -0.490 e. The summed E-state index contributed by atoms with van der Waals surface area (Å²) in [5, 5.41) is 18.7. The molecule has 0 radical (unpaired) electrons. The number of sulfonamides is 1. The molecular formula is C23H25N5O3S. The van der Waals surface area contributed by atoms with Crippen LogP contribution in [-0.4, -0.2) is 48.6 Å². The molecule has 2 aliphatic heterocycles. The molecule has 2 aliphatic rings. The highest BCUT2D eigenvalue weighted by molar-refractivity contribution is 7.88. The summed E-state index contributed by atoms with van der Waals surface area (Å²) in [6.07, 6.45) is 4.32. The largest absolute Gasteiger partial charge is 0.490 e. The summed E-state index contributed by atoms with van der Waals surface area (Å²) in [7, 11) is -3.14. The van der Waals surface area contributed by atoms with Gasteiger partial charge in [0.25, 0.3) is 0 Å². The van der Waals surface area contributed by atoms with Gasteiger partial charge < -0.3 is 4.74 Å². The highest BCUT2D eigenvalue weighted by Gasteiger charge is 2.25. The van der Waals surface area contributed by atoms with Crippen LogP contribution >= 0.6 is 0 Å². The zero-order chi connectivity index (χ0) is 22.7. The summed E-state index contributed by atoms with van der Waals surface area (Å²) in [6.45, 7) is 3.59. The molecule has 0 atom stereocenters. The van der Waals surface area contributed by atoms with E-state index in [1.54, 1.807) is 12.3 Å². The van der Waals surface area contributed by atoms with Crippen molar-refractivity contribution >= 4 is 10.0 Å². The van der Waals surface area contributed by atoms with Gasteiger partial charge in [0.15, 0.2) is 5.75 Å². The van der Waals surface area contributed by atoms with E-state index in [9.17, 15) is 13.7 Å². The standard InChI is InChI=1S/C23H25N5O3S/c1-32(29,30)28-6-4-17(5-7-28)16-31-23-12-26-22(9-20(23)11-25)15-27-13-19-3-2-18(10-24)8-21(19)14-27/h2-3,8-9,12,17H,4-7,13-16H2,1H3. The average molecular weight is 452 g/mol. The molecule has 0 amide bonds. The zero-order valence-corrected chi connectivity index (χ0v) is 18.8. The van der Waals surface area contributed by atoms with Crippen LogP contribution in [0, 0.1) is 28.6 Å². The van der Waals surface area contributed by atoms with Gasteiger partial charge in [0, 0.05) is 32.7 Å². The van der Waals surface area contributed by atoms with E-state index in [0.717, 1.165) is 37.2 Å². The van der Waals surface area contributed by atoms with Crippen LogP contribution in [0.1, 0.15) is 40.8 Å². The van der Waals surface area contributed by atoms with Gasteiger partial charge in [-0.2, -0.15) is 10.5 Å². The number of benzene rings is 1. The summed E-state index contributed by atoms with van der Waals surface area (Å²) in [6, 6.07) is 11.9. The molecule has 0 aliphatic carbocycles. The predicted octanol–water partition coefficient (Wildman–Crippen LogP) is 2.39. The number of hydrogen-bond donors (Lipinski definition) is 0. The molecule has 1 saturated heterocycles. The van der Waals surface area contributed by atoms with Gasteiger partial charge in [-0.05, 0) is 48.1 Å². The second-order valence-electron chi connectivity index (χ2n) is 8.44. The normalized spacial score (nSPS) is 17.5. The van der Waals surface area contributed by atoms with Crippen molar-refractivity contribution in [2.75, 3.05) is 26.0 Å². The van der Waals surface area contributed by atoms with Crippen LogP contribution in [0.2, 0.25) is 0 Å². The quantitative estimate of drug-likeness (QED) is 0.663. The van der Waals surface area contributed by atoms with Crippen LogP contribution in [0.3, 0.4) is 0 Å². The van der Waals surface area contributed by atoms with Gasteiger partial charge in [0.1, 0.15) is 6.07 Å². The minimum absolute atomic E-state index is 0.251. The van der Waals surface area contributed by atoms with Crippen molar-refractivity contribution in [1.29, 1.82) is 10.5 Å². The molecule has 32 heavy (non-hydrogen) atoms. The number of aromatic nitrogens is 1. The van der Waals surface area contributed by atoms with Gasteiger partial charge in [-0.25, -0.2) is 12.7 Å². The van der Waals surface area contributed by atoms with Gasteiger partial charge in [-0.1, -0.05) is 6.07 Å². The maximum atomic E-state index is 11.6. The number of rotatable bonds is 6. The Kier molecular flexibility index (Phi) is 6.43. The lowest BCUT2D eigenvalue weighted by Gasteiger charge is -2.30. The zero-order valence-electron chi connectivity index (χ0n) is 18.0. The lowest BCUT2D eigenvalue weighted by Crippen LogP contribution is -2.39. The first-order chi connectivity index (χ1) is 15.4. The minimum atomic E-state index is -3.14. The van der Waals surface area contributed by atoms with Crippen LogP contribution in [0.15, 0.2) is 30.5 Å².